The number of halogens is 1. The van der Waals surface area contributed by atoms with Crippen molar-refractivity contribution in [2.45, 2.75) is 19.4 Å². The average molecular weight is 281 g/mol. The van der Waals surface area contributed by atoms with Crippen molar-refractivity contribution < 1.29 is 18.7 Å². The lowest BCUT2D eigenvalue weighted by molar-refractivity contribution is -0.137. The van der Waals surface area contributed by atoms with Crippen LogP contribution < -0.4 is 4.74 Å². The molecule has 5 heteroatoms. The van der Waals surface area contributed by atoms with E-state index in [0.717, 1.165) is 18.4 Å². The normalized spacial score (nSPS) is 15.9. The number of hydrogen-bond donors (Lipinski definition) is 0. The second-order valence-electron chi connectivity index (χ2n) is 5.05. The molecule has 0 radical (unpaired) electrons. The largest absolute Gasteiger partial charge is 0.494 e. The number of ether oxygens (including phenoxy) is 2. The molecular formula is C15H20FNO3. The van der Waals surface area contributed by atoms with Gasteiger partial charge in [-0.05, 0) is 30.5 Å². The van der Waals surface area contributed by atoms with Crippen molar-refractivity contribution in [3.05, 3.63) is 29.6 Å². The smallest absolute Gasteiger partial charge is 0.225 e. The molecule has 20 heavy (non-hydrogen) atoms. The first-order chi connectivity index (χ1) is 9.61. The van der Waals surface area contributed by atoms with E-state index in [1.54, 1.807) is 24.1 Å². The van der Waals surface area contributed by atoms with Crippen LogP contribution >= 0.6 is 0 Å². The van der Waals surface area contributed by atoms with Crippen molar-refractivity contribution in [3.63, 3.8) is 0 Å². The Kier molecular flexibility index (Phi) is 4.95. The van der Waals surface area contributed by atoms with Crippen molar-refractivity contribution in [2.24, 2.45) is 5.92 Å². The van der Waals surface area contributed by atoms with E-state index in [1.807, 2.05) is 0 Å². The minimum atomic E-state index is -0.406. The highest BCUT2D eigenvalue weighted by Crippen LogP contribution is 2.21. The third-order valence-electron chi connectivity index (χ3n) is 3.58. The maximum Gasteiger partial charge on any atom is 0.225 e. The summed E-state index contributed by atoms with van der Waals surface area (Å²) in [6.45, 7) is 1.68. The molecule has 2 rings (SSSR count). The first-order valence-electron chi connectivity index (χ1n) is 6.77. The van der Waals surface area contributed by atoms with Crippen molar-refractivity contribution in [2.75, 3.05) is 27.4 Å². The van der Waals surface area contributed by atoms with Gasteiger partial charge in [-0.15, -0.1) is 0 Å². The molecule has 1 amide bonds. The summed E-state index contributed by atoms with van der Waals surface area (Å²) in [5, 5.41) is 0. The summed E-state index contributed by atoms with van der Waals surface area (Å²) in [7, 11) is 3.18. The summed E-state index contributed by atoms with van der Waals surface area (Å²) in [5.74, 6) is -0.0644. The van der Waals surface area contributed by atoms with E-state index in [2.05, 4.69) is 0 Å². The van der Waals surface area contributed by atoms with Crippen molar-refractivity contribution >= 4 is 5.91 Å². The van der Waals surface area contributed by atoms with E-state index in [9.17, 15) is 9.18 Å². The Balaban J connectivity index is 1.98. The van der Waals surface area contributed by atoms with E-state index in [-0.39, 0.29) is 17.6 Å². The Hall–Kier alpha value is -1.62. The molecule has 1 aliphatic heterocycles. The second-order valence-corrected chi connectivity index (χ2v) is 5.05. The molecule has 1 aliphatic rings. The maximum atomic E-state index is 13.6. The predicted molar refractivity (Wildman–Crippen MR) is 73.0 cm³/mol. The highest BCUT2D eigenvalue weighted by atomic mass is 19.1. The van der Waals surface area contributed by atoms with Gasteiger partial charge in [-0.3, -0.25) is 4.79 Å². The van der Waals surface area contributed by atoms with Gasteiger partial charge in [-0.1, -0.05) is 6.07 Å². The highest BCUT2D eigenvalue weighted by molar-refractivity contribution is 5.78. The number of carbonyl (C=O) groups is 1. The molecular weight excluding hydrogens is 261 g/mol. The number of rotatable bonds is 4. The molecule has 1 saturated heterocycles. The van der Waals surface area contributed by atoms with Gasteiger partial charge in [0.2, 0.25) is 5.91 Å². The lowest BCUT2D eigenvalue weighted by Crippen LogP contribution is -2.35. The molecule has 1 heterocycles. The first kappa shape index (κ1) is 14.8. The van der Waals surface area contributed by atoms with Crippen LogP contribution in [-0.4, -0.2) is 38.2 Å². The highest BCUT2D eigenvalue weighted by Gasteiger charge is 2.24. The molecule has 0 bridgehead atoms. The Bertz CT molecular complexity index is 472. The van der Waals surface area contributed by atoms with E-state index in [0.29, 0.717) is 19.8 Å². The van der Waals surface area contributed by atoms with Gasteiger partial charge in [0.15, 0.2) is 11.6 Å². The van der Waals surface area contributed by atoms with Gasteiger partial charge >= 0.3 is 0 Å². The summed E-state index contributed by atoms with van der Waals surface area (Å²) in [4.78, 5) is 13.9. The molecule has 0 spiro atoms. The zero-order chi connectivity index (χ0) is 14.5. The zero-order valence-corrected chi connectivity index (χ0v) is 11.9. The number of carbonyl (C=O) groups excluding carboxylic acids is 1. The standard InChI is InChI=1S/C15H20FNO3/c1-17(15(18)12-5-7-20-8-6-12)10-11-3-4-14(19-2)13(16)9-11/h3-4,9,12H,5-8,10H2,1-2H3. The van der Waals surface area contributed by atoms with Gasteiger partial charge < -0.3 is 14.4 Å². The predicted octanol–water partition coefficient (Wildman–Crippen LogP) is 2.22. The number of methoxy groups -OCH3 is 1. The molecule has 0 N–H and O–H groups in total. The third kappa shape index (κ3) is 3.48. The average Bonchev–Trinajstić information content (AvgIpc) is 2.47. The molecule has 110 valence electrons. The topological polar surface area (TPSA) is 38.8 Å². The van der Waals surface area contributed by atoms with Crippen molar-refractivity contribution in [3.8, 4) is 5.75 Å². The van der Waals surface area contributed by atoms with Crippen LogP contribution in [0.15, 0.2) is 18.2 Å². The van der Waals surface area contributed by atoms with E-state index < -0.39 is 5.82 Å². The second kappa shape index (κ2) is 6.70. The summed E-state index contributed by atoms with van der Waals surface area (Å²) >= 11 is 0. The Labute approximate surface area is 118 Å². The molecule has 0 saturated carbocycles. The lowest BCUT2D eigenvalue weighted by atomic mass is 9.98. The van der Waals surface area contributed by atoms with Crippen molar-refractivity contribution in [1.82, 2.24) is 4.90 Å². The van der Waals surface area contributed by atoms with Crippen molar-refractivity contribution in [1.29, 1.82) is 0 Å². The van der Waals surface area contributed by atoms with Crippen LogP contribution in [0.5, 0.6) is 5.75 Å². The Morgan fingerprint density at radius 2 is 2.15 bits per heavy atom. The fourth-order valence-electron chi connectivity index (χ4n) is 2.42. The van der Waals surface area contributed by atoms with Crippen LogP contribution in [0.25, 0.3) is 0 Å². The van der Waals surface area contributed by atoms with Crippen LogP contribution in [0.1, 0.15) is 18.4 Å². The van der Waals surface area contributed by atoms with Gasteiger partial charge in [0.05, 0.1) is 7.11 Å². The molecule has 0 aliphatic carbocycles. The van der Waals surface area contributed by atoms with Gasteiger partial charge in [0.1, 0.15) is 0 Å². The summed E-state index contributed by atoms with van der Waals surface area (Å²) in [6.07, 6.45) is 1.53. The third-order valence-corrected chi connectivity index (χ3v) is 3.58. The molecule has 1 fully saturated rings. The number of nitrogens with zero attached hydrogens (tertiary/aromatic N) is 1. The monoisotopic (exact) mass is 281 g/mol. The Morgan fingerprint density at radius 3 is 2.75 bits per heavy atom. The first-order valence-corrected chi connectivity index (χ1v) is 6.77. The minimum absolute atomic E-state index is 0.0249. The van der Waals surface area contributed by atoms with E-state index in [1.165, 1.54) is 13.2 Å². The minimum Gasteiger partial charge on any atom is -0.494 e. The van der Waals surface area contributed by atoms with Crippen LogP contribution in [0.2, 0.25) is 0 Å². The molecule has 0 unspecified atom stereocenters. The van der Waals surface area contributed by atoms with Crippen LogP contribution in [-0.2, 0) is 16.1 Å². The fourth-order valence-corrected chi connectivity index (χ4v) is 2.42. The lowest BCUT2D eigenvalue weighted by Gasteiger charge is -2.26. The summed E-state index contributed by atoms with van der Waals surface area (Å²) < 4.78 is 23.7. The van der Waals surface area contributed by atoms with Gasteiger partial charge in [-0.2, -0.15) is 0 Å². The van der Waals surface area contributed by atoms with Crippen LogP contribution in [0.3, 0.4) is 0 Å². The van der Waals surface area contributed by atoms with E-state index >= 15 is 0 Å². The zero-order valence-electron chi connectivity index (χ0n) is 11.9. The van der Waals surface area contributed by atoms with Gasteiger partial charge in [0, 0.05) is 32.7 Å². The number of hydrogen-bond acceptors (Lipinski definition) is 3. The quantitative estimate of drug-likeness (QED) is 0.849. The van der Waals surface area contributed by atoms with Crippen LogP contribution in [0.4, 0.5) is 4.39 Å². The Morgan fingerprint density at radius 1 is 1.45 bits per heavy atom. The fraction of sp³-hybridized carbons (Fsp3) is 0.533. The molecule has 0 aromatic heterocycles. The summed E-state index contributed by atoms with van der Waals surface area (Å²) in [6, 6.07) is 4.76. The number of amides is 1. The molecule has 1 aromatic carbocycles. The van der Waals surface area contributed by atoms with Gasteiger partial charge in [0.25, 0.3) is 0 Å². The number of benzene rings is 1. The molecule has 1 aromatic rings. The van der Waals surface area contributed by atoms with Gasteiger partial charge in [-0.25, -0.2) is 4.39 Å². The maximum absolute atomic E-state index is 13.6. The summed E-state index contributed by atoms with van der Waals surface area (Å²) in [5.41, 5.74) is 0.756. The van der Waals surface area contributed by atoms with E-state index in [4.69, 9.17) is 9.47 Å². The SMILES string of the molecule is COc1ccc(CN(C)C(=O)C2CCOCC2)cc1F. The molecule has 0 atom stereocenters. The van der Waals surface area contributed by atoms with Crippen LogP contribution in [0, 0.1) is 11.7 Å². The molecule has 4 nitrogen and oxygen atoms in total.